The number of benzene rings is 2. The zero-order chi connectivity index (χ0) is 22.2. The van der Waals surface area contributed by atoms with Gasteiger partial charge < -0.3 is 24.5 Å². The lowest BCUT2D eigenvalue weighted by atomic mass is 9.91. The van der Waals surface area contributed by atoms with Crippen LogP contribution in [-0.2, 0) is 35.4 Å². The van der Waals surface area contributed by atoms with E-state index >= 15 is 0 Å². The van der Waals surface area contributed by atoms with Crippen molar-refractivity contribution >= 4 is 22.8 Å². The maximum Gasteiger partial charge on any atom is 0.323 e. The van der Waals surface area contributed by atoms with E-state index in [0.29, 0.717) is 43.4 Å². The molecule has 1 unspecified atom stereocenters. The lowest BCUT2D eigenvalue weighted by Crippen LogP contribution is -2.39. The number of amides is 1. The van der Waals surface area contributed by atoms with Crippen LogP contribution < -0.4 is 14.8 Å². The largest absolute Gasteiger partial charge is 0.480 e. The van der Waals surface area contributed by atoms with E-state index < -0.39 is 5.97 Å². The smallest absolute Gasteiger partial charge is 0.323 e. The molecule has 166 valence electrons. The van der Waals surface area contributed by atoms with Crippen molar-refractivity contribution in [2.45, 2.75) is 44.7 Å². The molecule has 1 amide bonds. The summed E-state index contributed by atoms with van der Waals surface area (Å²) < 4.78 is 26.4. The highest BCUT2D eigenvalue weighted by Crippen LogP contribution is 2.34. The number of carboxylic acids is 1. The second-order valence-electron chi connectivity index (χ2n) is 8.26. The van der Waals surface area contributed by atoms with E-state index in [-0.39, 0.29) is 31.1 Å². The van der Waals surface area contributed by atoms with Gasteiger partial charge in [-0.1, -0.05) is 6.07 Å². The molecule has 0 bridgehead atoms. The minimum Gasteiger partial charge on any atom is -0.480 e. The molecule has 2 N–H and O–H groups in total. The number of nitrogens with zero attached hydrogens (tertiary/aromatic N) is 1. The summed E-state index contributed by atoms with van der Waals surface area (Å²) >= 11 is 0. The molecule has 5 rings (SSSR count). The minimum absolute atomic E-state index is 0.0448. The van der Waals surface area contributed by atoms with Gasteiger partial charge >= 0.3 is 5.97 Å². The van der Waals surface area contributed by atoms with Gasteiger partial charge in [-0.25, -0.2) is 4.39 Å². The first-order chi connectivity index (χ1) is 15.5. The number of carboxylic acid groups (broad SMARTS) is 1. The summed E-state index contributed by atoms with van der Waals surface area (Å²) in [6.45, 7) is 0.0553. The van der Waals surface area contributed by atoms with Gasteiger partial charge in [-0.05, 0) is 67.1 Å². The highest BCUT2D eigenvalue weighted by Gasteiger charge is 2.27. The van der Waals surface area contributed by atoms with Crippen LogP contribution in [0, 0.1) is 5.82 Å². The number of carbonyl (C=O) groups is 2. The Kier molecular flexibility index (Phi) is 5.20. The summed E-state index contributed by atoms with van der Waals surface area (Å²) in [5.74, 6) is 0.0783. The Morgan fingerprint density at radius 3 is 2.84 bits per heavy atom. The van der Waals surface area contributed by atoms with Crippen LogP contribution >= 0.6 is 0 Å². The van der Waals surface area contributed by atoms with Crippen LogP contribution in [0.25, 0.3) is 10.9 Å². The Morgan fingerprint density at radius 1 is 1.16 bits per heavy atom. The molecule has 1 atom stereocenters. The number of hydrogen-bond acceptors (Lipinski definition) is 4. The zero-order valence-electron chi connectivity index (χ0n) is 17.4. The van der Waals surface area contributed by atoms with E-state index in [4.69, 9.17) is 9.47 Å². The summed E-state index contributed by atoms with van der Waals surface area (Å²) in [6.07, 6.45) is 2.83. The van der Waals surface area contributed by atoms with Crippen molar-refractivity contribution < 1.29 is 28.6 Å². The molecule has 2 heterocycles. The number of ether oxygens (including phenoxy) is 2. The molecule has 3 aromatic rings. The minimum atomic E-state index is -0.937. The molecule has 32 heavy (non-hydrogen) atoms. The van der Waals surface area contributed by atoms with Gasteiger partial charge in [0.25, 0.3) is 0 Å². The van der Waals surface area contributed by atoms with Gasteiger partial charge in [-0.2, -0.15) is 0 Å². The second-order valence-corrected chi connectivity index (χ2v) is 8.26. The number of aliphatic carboxylic acids is 1. The Labute approximate surface area is 183 Å². The van der Waals surface area contributed by atoms with E-state index in [0.717, 1.165) is 28.0 Å². The maximum absolute atomic E-state index is 13.9. The lowest BCUT2D eigenvalue weighted by molar-refractivity contribution is -0.137. The third-order valence-corrected chi connectivity index (χ3v) is 6.17. The van der Waals surface area contributed by atoms with Gasteiger partial charge in [0.2, 0.25) is 12.7 Å². The van der Waals surface area contributed by atoms with E-state index in [2.05, 4.69) is 5.32 Å². The predicted octanol–water partition coefficient (Wildman–Crippen LogP) is 3.20. The molecule has 8 heteroatoms. The highest BCUT2D eigenvalue weighted by atomic mass is 19.1. The van der Waals surface area contributed by atoms with Crippen molar-refractivity contribution in [1.29, 1.82) is 0 Å². The Balaban J connectivity index is 1.28. The molecule has 0 radical (unpaired) electrons. The summed E-state index contributed by atoms with van der Waals surface area (Å²) in [6, 6.07) is 10.0. The van der Waals surface area contributed by atoms with Crippen molar-refractivity contribution in [3.05, 3.63) is 59.0 Å². The first kappa shape index (κ1) is 20.4. The molecule has 2 aliphatic rings. The maximum atomic E-state index is 13.9. The van der Waals surface area contributed by atoms with Crippen molar-refractivity contribution in [3.8, 4) is 11.5 Å². The third kappa shape index (κ3) is 3.88. The number of fused-ring (bicyclic) bond motifs is 4. The molecular formula is C24H23FN2O5. The number of halogens is 1. The molecule has 1 aliphatic carbocycles. The number of nitrogens with one attached hydrogen (secondary N) is 1. The van der Waals surface area contributed by atoms with Gasteiger partial charge in [0.15, 0.2) is 11.5 Å². The van der Waals surface area contributed by atoms with Crippen LogP contribution in [0.3, 0.4) is 0 Å². The zero-order valence-corrected chi connectivity index (χ0v) is 17.4. The predicted molar refractivity (Wildman–Crippen MR) is 114 cm³/mol. The van der Waals surface area contributed by atoms with Crippen molar-refractivity contribution in [2.75, 3.05) is 6.79 Å². The van der Waals surface area contributed by atoms with Crippen LogP contribution in [0.5, 0.6) is 11.5 Å². The van der Waals surface area contributed by atoms with Crippen LogP contribution in [0.1, 0.15) is 29.7 Å². The molecule has 2 aromatic carbocycles. The summed E-state index contributed by atoms with van der Waals surface area (Å²) in [4.78, 5) is 23.9. The standard InChI is InChI=1S/C24H23FN2O5/c25-15-3-5-19-17(10-15)18-11-16(4-6-20(18)27(19)12-24(29)30)26-23(28)8-2-14-1-7-21-22(9-14)32-13-31-21/h1,3,5,7,9-10,16H,2,4,6,8,11-13H2,(H,26,28)(H,29,30). The topological polar surface area (TPSA) is 89.8 Å². The molecule has 0 fully saturated rings. The fourth-order valence-electron chi connectivity index (χ4n) is 4.72. The number of carbonyl (C=O) groups excluding carboxylic acids is 1. The average Bonchev–Trinajstić information content (AvgIpc) is 3.34. The number of hydrogen-bond donors (Lipinski definition) is 2. The average molecular weight is 438 g/mol. The van der Waals surface area contributed by atoms with Crippen molar-refractivity contribution in [2.24, 2.45) is 0 Å². The van der Waals surface area contributed by atoms with Gasteiger partial charge in [-0.3, -0.25) is 9.59 Å². The lowest BCUT2D eigenvalue weighted by Gasteiger charge is -2.25. The van der Waals surface area contributed by atoms with Gasteiger partial charge in [-0.15, -0.1) is 0 Å². The number of rotatable bonds is 6. The molecule has 1 aromatic heterocycles. The fourth-order valence-corrected chi connectivity index (χ4v) is 4.72. The monoisotopic (exact) mass is 438 g/mol. The first-order valence-corrected chi connectivity index (χ1v) is 10.7. The molecule has 0 saturated carbocycles. The third-order valence-electron chi connectivity index (χ3n) is 6.17. The van der Waals surface area contributed by atoms with E-state index in [1.54, 1.807) is 10.6 Å². The normalized spacial score (nSPS) is 16.7. The Morgan fingerprint density at radius 2 is 2.00 bits per heavy atom. The van der Waals surface area contributed by atoms with E-state index in [1.165, 1.54) is 12.1 Å². The summed E-state index contributed by atoms with van der Waals surface area (Å²) in [5.41, 5.74) is 3.56. The molecular weight excluding hydrogens is 415 g/mol. The van der Waals surface area contributed by atoms with Crippen LogP contribution in [0.15, 0.2) is 36.4 Å². The van der Waals surface area contributed by atoms with Gasteiger partial charge in [0.1, 0.15) is 12.4 Å². The summed E-state index contributed by atoms with van der Waals surface area (Å²) in [7, 11) is 0. The Bertz CT molecular complexity index is 1220. The second kappa shape index (κ2) is 8.18. The summed E-state index contributed by atoms with van der Waals surface area (Å²) in [5, 5.41) is 13.1. The quantitative estimate of drug-likeness (QED) is 0.617. The fraction of sp³-hybridized carbons (Fsp3) is 0.333. The van der Waals surface area contributed by atoms with Crippen molar-refractivity contribution in [3.63, 3.8) is 0 Å². The van der Waals surface area contributed by atoms with Gasteiger partial charge in [0.05, 0.1) is 0 Å². The molecule has 0 saturated heterocycles. The van der Waals surface area contributed by atoms with Crippen LogP contribution in [0.2, 0.25) is 0 Å². The van der Waals surface area contributed by atoms with Crippen LogP contribution in [-0.4, -0.2) is 34.4 Å². The highest BCUT2D eigenvalue weighted by molar-refractivity contribution is 5.87. The first-order valence-electron chi connectivity index (χ1n) is 10.7. The number of aryl methyl sites for hydroxylation is 1. The van der Waals surface area contributed by atoms with E-state index in [9.17, 15) is 19.1 Å². The van der Waals surface area contributed by atoms with Gasteiger partial charge in [0, 0.05) is 29.1 Å². The van der Waals surface area contributed by atoms with E-state index in [1.807, 2.05) is 18.2 Å². The molecule has 7 nitrogen and oxygen atoms in total. The van der Waals surface area contributed by atoms with Crippen LogP contribution in [0.4, 0.5) is 4.39 Å². The number of aromatic nitrogens is 1. The SMILES string of the molecule is O=C(O)Cn1c2c(c3cc(F)ccc31)CC(NC(=O)CCc1ccc3c(c1)OCO3)CC2. The molecule has 0 spiro atoms. The van der Waals surface area contributed by atoms with Crippen molar-refractivity contribution in [1.82, 2.24) is 9.88 Å². The Hall–Kier alpha value is -3.55. The molecule has 1 aliphatic heterocycles.